The first-order chi connectivity index (χ1) is 38.9. The highest BCUT2D eigenvalue weighted by Gasteiger charge is 2.43. The normalized spacial score (nSPS) is 16.2. The van der Waals surface area contributed by atoms with E-state index >= 15 is 0 Å². The van der Waals surface area contributed by atoms with Crippen molar-refractivity contribution in [2.45, 2.75) is 73.0 Å². The number of anilines is 2. The lowest BCUT2D eigenvalue weighted by molar-refractivity contribution is -0.142. The molecule has 4 aromatic carbocycles. The number of fused-ring (bicyclic) bond motifs is 2. The summed E-state index contributed by atoms with van der Waals surface area (Å²) in [6.45, 7) is 11.3. The molecular formula is C52H65N5O18S2. The van der Waals surface area contributed by atoms with E-state index in [0.717, 1.165) is 12.5 Å². The monoisotopic (exact) mass is 1120 g/mol. The Labute approximate surface area is 458 Å². The molecule has 0 aliphatic carbocycles. The molecule has 4 aromatic rings. The number of ether oxygens (including phenoxy) is 5. The molecule has 0 spiro atoms. The van der Waals surface area contributed by atoms with Crippen molar-refractivity contribution < 1.29 is 94.9 Å². The van der Waals surface area contributed by atoms with E-state index in [1.54, 1.807) is 26.0 Å². The van der Waals surface area contributed by atoms with Gasteiger partial charge in [-0.25, -0.2) is 31.2 Å². The van der Waals surface area contributed by atoms with E-state index in [1.807, 2.05) is 13.8 Å². The van der Waals surface area contributed by atoms with Crippen LogP contribution in [0.3, 0.4) is 0 Å². The number of hydrogen-bond donors (Lipinski definition) is 5. The Bertz CT molecular complexity index is 3430. The average Bonchev–Trinajstić information content (AvgIpc) is 1.74. The maximum atomic E-state index is 13.5. The maximum Gasteiger partial charge on any atom is 0.349 e. The van der Waals surface area contributed by atoms with Gasteiger partial charge >= 0.3 is 17.9 Å². The number of aliphatic carboxylic acids is 1. The van der Waals surface area contributed by atoms with E-state index < -0.39 is 99.0 Å². The lowest BCUT2D eigenvalue weighted by Crippen LogP contribution is -2.40. The fourth-order valence-electron chi connectivity index (χ4n) is 7.18. The van der Waals surface area contributed by atoms with Crippen molar-refractivity contribution in [3.63, 3.8) is 0 Å². The molecule has 0 saturated heterocycles. The zero-order valence-electron chi connectivity index (χ0n) is 51.3. The summed E-state index contributed by atoms with van der Waals surface area (Å²) in [5, 5.41) is 16.0. The fourth-order valence-corrected chi connectivity index (χ4v) is 8.70. The van der Waals surface area contributed by atoms with Gasteiger partial charge in [-0.1, -0.05) is 38.1 Å². The molecule has 2 heterocycles. The molecule has 0 saturated carbocycles. The Morgan fingerprint density at radius 1 is 0.688 bits per heavy atom. The van der Waals surface area contributed by atoms with E-state index in [9.17, 15) is 55.2 Å². The number of amides is 5. The number of imide groups is 1. The number of esters is 2. The van der Waals surface area contributed by atoms with Crippen LogP contribution in [0.1, 0.15) is 130 Å². The van der Waals surface area contributed by atoms with Crippen LogP contribution in [0.5, 0.6) is 23.0 Å². The van der Waals surface area contributed by atoms with Crippen LogP contribution in [0.25, 0.3) is 0 Å². The number of carbonyl (C=O) groups excluding carboxylic acids is 7. The lowest BCUT2D eigenvalue weighted by Gasteiger charge is -2.27. The van der Waals surface area contributed by atoms with Crippen LogP contribution in [0.4, 0.5) is 11.4 Å². The van der Waals surface area contributed by atoms with Gasteiger partial charge in [0.05, 0.1) is 89.4 Å². The molecule has 6 rings (SSSR count). The third kappa shape index (κ3) is 18.7. The van der Waals surface area contributed by atoms with Gasteiger partial charge in [-0.15, -0.1) is 0 Å². The number of nitrogens with zero attached hydrogens (tertiary/aromatic N) is 1. The number of sulfone groups is 2. The summed E-state index contributed by atoms with van der Waals surface area (Å²) in [7, 11) is -12.9. The van der Waals surface area contributed by atoms with Crippen molar-refractivity contribution in [2.24, 2.45) is 11.7 Å². The SMILES string of the molecule is CC(=O)N[C@@H](CC(C)C)C(=O)O.CC(=O)Nc1cccc2c1C(=O)OC2=O.[2H]C([2H])([2H])Oc1ccc([C@@]([2H])(CS(C)(=O)=O)N2C(=O)c3cccc(NC(C)=O)c3C2=O)cc1OCC.[2H]C([2H])([2H])Oc1ccc([C@]([2H])(N)CS(C)(=O)=O)cc1OCC. The van der Waals surface area contributed by atoms with Crippen molar-refractivity contribution in [3.8, 4) is 23.0 Å². The topological polar surface area (TPSA) is 337 Å². The van der Waals surface area contributed by atoms with Crippen LogP contribution in [0.2, 0.25) is 0 Å². The van der Waals surface area contributed by atoms with Crippen LogP contribution < -0.4 is 40.6 Å². The number of nitrogens with two attached hydrogens (primary N) is 1. The van der Waals surface area contributed by atoms with Crippen molar-refractivity contribution in [3.05, 3.63) is 106 Å². The molecular weight excluding hydrogens is 1050 g/mol. The zero-order chi connectivity index (χ0) is 65.0. The highest BCUT2D eigenvalue weighted by Crippen LogP contribution is 2.39. The van der Waals surface area contributed by atoms with Gasteiger partial charge in [-0.05, 0) is 85.8 Å². The van der Waals surface area contributed by atoms with Crippen LogP contribution in [0, 0.1) is 5.92 Å². The fraction of sp³-hybridized carbons (Fsp3) is 0.385. The number of nitrogens with one attached hydrogen (secondary N) is 3. The van der Waals surface area contributed by atoms with Crippen LogP contribution >= 0.6 is 0 Å². The van der Waals surface area contributed by atoms with Gasteiger partial charge in [0.15, 0.2) is 23.0 Å². The quantitative estimate of drug-likeness (QED) is 0.0460. The molecule has 0 aromatic heterocycles. The molecule has 77 heavy (non-hydrogen) atoms. The average molecular weight is 1120 g/mol. The van der Waals surface area contributed by atoms with Crippen molar-refractivity contribution in [2.75, 3.05) is 61.9 Å². The third-order valence-corrected chi connectivity index (χ3v) is 11.7. The molecule has 0 unspecified atom stereocenters. The molecule has 3 atom stereocenters. The number of hydrogen-bond acceptors (Lipinski definition) is 18. The van der Waals surface area contributed by atoms with E-state index in [-0.39, 0.29) is 93.0 Å². The first kappa shape index (κ1) is 51.2. The highest BCUT2D eigenvalue weighted by molar-refractivity contribution is 7.90. The Kier molecular flexibility index (Phi) is 18.8. The van der Waals surface area contributed by atoms with Crippen molar-refractivity contribution in [1.82, 2.24) is 10.2 Å². The lowest BCUT2D eigenvalue weighted by atomic mass is 10.0. The highest BCUT2D eigenvalue weighted by atomic mass is 32.2. The second-order valence-electron chi connectivity index (χ2n) is 17.2. The molecule has 2 aliphatic rings. The number of methoxy groups -OCH3 is 2. The Balaban J connectivity index is 0.000000327. The van der Waals surface area contributed by atoms with Crippen molar-refractivity contribution >= 4 is 78.5 Å². The van der Waals surface area contributed by atoms with Crippen LogP contribution in [-0.4, -0.2) is 132 Å². The van der Waals surface area contributed by atoms with E-state index in [4.69, 9.17) is 40.8 Å². The van der Waals surface area contributed by atoms with E-state index in [0.29, 0.717) is 17.0 Å². The summed E-state index contributed by atoms with van der Waals surface area (Å²) in [6, 6.07) is 11.2. The van der Waals surface area contributed by atoms with Crippen molar-refractivity contribution in [1.29, 1.82) is 0 Å². The maximum absolute atomic E-state index is 13.5. The largest absolute Gasteiger partial charge is 0.493 e. The number of carboxylic acid groups (broad SMARTS) is 1. The number of cyclic esters (lactones) is 2. The summed E-state index contributed by atoms with van der Waals surface area (Å²) in [6.07, 6.45) is 2.31. The second-order valence-corrected chi connectivity index (χ2v) is 21.4. The van der Waals surface area contributed by atoms with Gasteiger partial charge < -0.3 is 50.5 Å². The zero-order valence-corrected chi connectivity index (χ0v) is 45.0. The van der Waals surface area contributed by atoms with Crippen LogP contribution in [0.15, 0.2) is 72.8 Å². The van der Waals surface area contributed by atoms with Gasteiger partial charge in [-0.2, -0.15) is 0 Å². The van der Waals surface area contributed by atoms with Gasteiger partial charge in [0, 0.05) is 39.3 Å². The minimum Gasteiger partial charge on any atom is -0.493 e. The Morgan fingerprint density at radius 3 is 1.64 bits per heavy atom. The summed E-state index contributed by atoms with van der Waals surface area (Å²) in [5.74, 6) is -6.92. The molecule has 2 aliphatic heterocycles. The number of rotatable bonds is 19. The standard InChI is InChI=1S/C22H24N2O7S.C12H19NO4S.C10H7NO4.C8H15NO3/c1-5-31-19-11-14(9-10-18(19)30-3)17(12-32(4,28)29)24-21(26)15-7-6-8-16(23-13(2)25)20(15)22(24)27;1-4-17-12-7-9(5-6-11(12)16-2)10(13)8-18(3,14)15;1-5(12)11-7-4-2-3-6-8(7)10(14)15-9(6)13;1-5(2)4-7(8(11)12)9-6(3)10/h6-11,17H,5,12H2,1-4H3,(H,23,25);5-7,10H,4,8,13H2,1-3H3;2-4H,1H3,(H,11,12);5,7H,4H2,1-3H3,(H,9,10)(H,11,12)/t17-;10-;;7-/m11.0/s1/i3D3,17D;2D3,10D;;. The first-order valence-corrected chi connectivity index (χ1v) is 27.1. The molecule has 0 radical (unpaired) electrons. The number of benzene rings is 4. The van der Waals surface area contributed by atoms with E-state index in [1.165, 1.54) is 81.4 Å². The summed E-state index contributed by atoms with van der Waals surface area (Å²) >= 11 is 0. The molecule has 23 nitrogen and oxygen atoms in total. The molecule has 25 heteroatoms. The minimum absolute atomic E-state index is 0.0271. The molecule has 418 valence electrons. The van der Waals surface area contributed by atoms with Gasteiger partial charge in [0.25, 0.3) is 11.8 Å². The smallest absolute Gasteiger partial charge is 0.349 e. The summed E-state index contributed by atoms with van der Waals surface area (Å²) < 4.78 is 133. The van der Waals surface area contributed by atoms with Gasteiger partial charge in [0.2, 0.25) is 17.7 Å². The summed E-state index contributed by atoms with van der Waals surface area (Å²) in [4.78, 5) is 93.4. The molecule has 6 N–H and O–H groups in total. The Morgan fingerprint density at radius 2 is 1.18 bits per heavy atom. The summed E-state index contributed by atoms with van der Waals surface area (Å²) in [5.41, 5.74) is 6.16. The Hall–Kier alpha value is -7.90. The first-order valence-electron chi connectivity index (χ1n) is 27.0. The number of carbonyl (C=O) groups is 8. The van der Waals surface area contributed by atoms with Gasteiger partial charge in [-0.3, -0.25) is 28.9 Å². The third-order valence-electron chi connectivity index (χ3n) is 10.1. The van der Waals surface area contributed by atoms with Gasteiger partial charge in [0.1, 0.15) is 25.7 Å². The molecule has 0 bridgehead atoms. The van der Waals surface area contributed by atoms with Crippen LogP contribution in [-0.2, 0) is 43.6 Å². The second kappa shape index (κ2) is 28.3. The minimum atomic E-state index is -3.96. The predicted octanol–water partition coefficient (Wildman–Crippen LogP) is 5.15. The number of carboxylic acids is 1. The molecule has 5 amide bonds. The molecule has 0 fully saturated rings. The van der Waals surface area contributed by atoms with E-state index in [2.05, 4.69) is 20.7 Å². The predicted molar refractivity (Wildman–Crippen MR) is 284 cm³/mol.